The molecule has 1 aliphatic heterocycles. The summed E-state index contributed by atoms with van der Waals surface area (Å²) in [6, 6.07) is 0. The number of anilines is 1. The van der Waals surface area contributed by atoms with E-state index in [1.54, 1.807) is 0 Å². The van der Waals surface area contributed by atoms with E-state index in [2.05, 4.69) is 28.1 Å². The zero-order valence-electron chi connectivity index (χ0n) is 16.6. The second-order valence-electron chi connectivity index (χ2n) is 6.65. The average Bonchev–Trinajstić information content (AvgIpc) is 3.25. The summed E-state index contributed by atoms with van der Waals surface area (Å²) < 4.78 is 67.3. The van der Waals surface area contributed by atoms with E-state index in [1.165, 1.54) is 4.95 Å². The summed E-state index contributed by atoms with van der Waals surface area (Å²) in [6.45, 7) is -1.36. The van der Waals surface area contributed by atoms with E-state index in [1.807, 2.05) is 5.92 Å². The number of imidazole rings is 1. The minimum atomic E-state index is -5.90. The monoisotopic (exact) mass is 562 g/mol. The van der Waals surface area contributed by atoms with E-state index in [0.29, 0.717) is 0 Å². The first-order chi connectivity index (χ1) is 16.1. The van der Waals surface area contributed by atoms with Crippen LogP contribution in [0.3, 0.4) is 0 Å². The Morgan fingerprint density at radius 1 is 1.34 bits per heavy atom. The lowest BCUT2D eigenvalue weighted by atomic mass is 9.98. The smallest absolute Gasteiger partial charge is 0.386 e. The number of aromatic nitrogens is 4. The van der Waals surface area contributed by atoms with Crippen molar-refractivity contribution in [2.24, 2.45) is 4.95 Å². The number of nitrogens with zero attached hydrogens (tertiary/aromatic N) is 4. The highest BCUT2D eigenvalue weighted by atomic mass is 31.3. The van der Waals surface area contributed by atoms with Gasteiger partial charge in [-0.1, -0.05) is 5.92 Å². The zero-order chi connectivity index (χ0) is 26.4. The first-order valence-corrected chi connectivity index (χ1v) is 13.2. The van der Waals surface area contributed by atoms with Crippen molar-refractivity contribution in [3.63, 3.8) is 0 Å². The summed E-state index contributed by atoms with van der Waals surface area (Å²) in [7, 11) is -17.2. The maximum atomic E-state index is 15.0. The van der Waals surface area contributed by atoms with Gasteiger partial charge in [0.15, 0.2) is 29.2 Å². The Bertz CT molecular complexity index is 1410. The molecular weight excluding hydrogens is 548 g/mol. The Labute approximate surface area is 191 Å². The van der Waals surface area contributed by atoms with Crippen molar-refractivity contribution in [1.82, 2.24) is 19.5 Å². The summed E-state index contributed by atoms with van der Waals surface area (Å²) >= 11 is 0. The molecule has 0 spiro atoms. The fourth-order valence-corrected chi connectivity index (χ4v) is 6.05. The number of aliphatic hydroxyl groups is 1. The van der Waals surface area contributed by atoms with Crippen LogP contribution in [0.1, 0.15) is 6.23 Å². The lowest BCUT2D eigenvalue weighted by Crippen LogP contribution is -2.44. The predicted octanol–water partition coefficient (Wildman–Crippen LogP) is -0.581. The number of aromatic amines is 1. The molecule has 2 aromatic heterocycles. The second kappa shape index (κ2) is 9.24. The molecule has 0 aromatic carbocycles. The molecule has 23 heteroatoms. The van der Waals surface area contributed by atoms with Crippen LogP contribution < -0.4 is 11.3 Å². The van der Waals surface area contributed by atoms with E-state index < -0.39 is 59.7 Å². The number of halogens is 1. The normalized spacial score (nSPS) is 29.7. The van der Waals surface area contributed by atoms with Gasteiger partial charge in [0.25, 0.3) is 5.56 Å². The van der Waals surface area contributed by atoms with E-state index in [0.717, 1.165) is 10.9 Å². The van der Waals surface area contributed by atoms with Crippen LogP contribution in [0, 0.1) is 17.3 Å². The van der Waals surface area contributed by atoms with Gasteiger partial charge in [0.1, 0.15) is 12.7 Å². The fraction of sp³-hybridized carbons (Fsp3) is 0.417. The number of nitrogen functional groups attached to an aromatic ring is 1. The number of H-pyrrole nitrogens is 1. The van der Waals surface area contributed by atoms with Crippen LogP contribution in [0.5, 0.6) is 0 Å². The summed E-state index contributed by atoms with van der Waals surface area (Å²) in [6.07, 6.45) is -0.247. The molecule has 0 bridgehead atoms. The van der Waals surface area contributed by atoms with Crippen LogP contribution >= 0.6 is 23.4 Å². The number of rotatable bonds is 9. The van der Waals surface area contributed by atoms with Crippen molar-refractivity contribution in [3.05, 3.63) is 21.6 Å². The van der Waals surface area contributed by atoms with Crippen molar-refractivity contribution in [2.45, 2.75) is 24.1 Å². The topological polar surface area (TPSA) is 288 Å². The summed E-state index contributed by atoms with van der Waals surface area (Å²) in [5.74, 6) is 1.46. The summed E-state index contributed by atoms with van der Waals surface area (Å²) in [5.41, 5.74) is 1.59. The number of alkyl halides is 1. The average molecular weight is 562 g/mol. The number of hydrogen-bond donors (Lipinski definition) is 6. The maximum Gasteiger partial charge on any atom is 0.496 e. The minimum Gasteiger partial charge on any atom is -0.386 e. The molecule has 0 aliphatic carbocycles. The van der Waals surface area contributed by atoms with Gasteiger partial charge in [-0.15, -0.1) is 11.3 Å². The molecule has 1 fully saturated rings. The van der Waals surface area contributed by atoms with E-state index in [-0.39, 0.29) is 17.1 Å². The van der Waals surface area contributed by atoms with Gasteiger partial charge in [-0.2, -0.15) is 13.6 Å². The SMILES string of the molecule is C#C[C@]1(COP(=O)(O)OP(=O)(O)OP(=O)(O)N=O)OC(n2cnc3c(=O)[nH]c(N)nc32)[C@H](F)[C@@H]1O. The Morgan fingerprint density at radius 3 is 2.60 bits per heavy atom. The van der Waals surface area contributed by atoms with Gasteiger partial charge in [-0.25, -0.2) is 23.1 Å². The number of phosphoric acid groups is 2. The number of nitrogens with one attached hydrogen (secondary N) is 1. The van der Waals surface area contributed by atoms with Gasteiger partial charge in [0.05, 0.1) is 6.33 Å². The molecule has 35 heavy (non-hydrogen) atoms. The number of hydrogen-bond acceptors (Lipinski definition) is 13. The first-order valence-electron chi connectivity index (χ1n) is 8.66. The first kappa shape index (κ1) is 27.2. The number of aliphatic hydroxyl groups excluding tert-OH is 1. The van der Waals surface area contributed by atoms with Crippen LogP contribution in [0.15, 0.2) is 16.1 Å². The molecular formula is C12H14FN6O13P3. The van der Waals surface area contributed by atoms with Crippen molar-refractivity contribution in [3.8, 4) is 12.3 Å². The standard InChI is InChI=1S/C12H14FN6O13P3/c1-2-12(3-29-34(25,26)32-35(27,28)31-33(23,24)18-22)7(20)5(13)10(30-12)19-4-15-6-8(19)16-11(14)17-9(6)21/h1,4-5,7,10,20H,3H2,(H,23,24)(H,25,26)(H,27,28)(H3,14,16,17,21)/t5-,7+,10?,12-/m1/s1. The van der Waals surface area contributed by atoms with Gasteiger partial charge in [0.2, 0.25) is 5.95 Å². The molecule has 1 saturated heterocycles. The van der Waals surface area contributed by atoms with Crippen LogP contribution in [0.2, 0.25) is 0 Å². The molecule has 2 aromatic rings. The summed E-state index contributed by atoms with van der Waals surface area (Å²) in [5, 5.41) is 10.3. The Morgan fingerprint density at radius 2 is 2.00 bits per heavy atom. The largest absolute Gasteiger partial charge is 0.496 e. The predicted molar refractivity (Wildman–Crippen MR) is 109 cm³/mol. The molecule has 0 amide bonds. The molecule has 7 N–H and O–H groups in total. The highest BCUT2D eigenvalue weighted by Gasteiger charge is 2.57. The molecule has 7 atom stereocenters. The highest BCUT2D eigenvalue weighted by molar-refractivity contribution is 7.67. The Balaban J connectivity index is 1.83. The number of nitroso groups, excluding NO2 is 1. The zero-order valence-corrected chi connectivity index (χ0v) is 19.3. The fourth-order valence-electron chi connectivity index (χ4n) is 2.88. The lowest BCUT2D eigenvalue weighted by molar-refractivity contribution is -0.0883. The third kappa shape index (κ3) is 5.56. The van der Waals surface area contributed by atoms with Crippen LogP contribution in [0.4, 0.5) is 10.3 Å². The second-order valence-corrected chi connectivity index (χ2v) is 11.2. The van der Waals surface area contributed by atoms with Crippen LogP contribution in [0.25, 0.3) is 11.2 Å². The van der Waals surface area contributed by atoms with Crippen LogP contribution in [-0.2, 0) is 31.6 Å². The molecule has 0 radical (unpaired) electrons. The number of ether oxygens (including phenoxy) is 1. The number of fused-ring (bicyclic) bond motifs is 1. The van der Waals surface area contributed by atoms with Crippen molar-refractivity contribution >= 4 is 40.5 Å². The van der Waals surface area contributed by atoms with Crippen molar-refractivity contribution in [1.29, 1.82) is 0 Å². The maximum absolute atomic E-state index is 15.0. The van der Waals surface area contributed by atoms with Crippen molar-refractivity contribution in [2.75, 3.05) is 12.3 Å². The van der Waals surface area contributed by atoms with E-state index in [4.69, 9.17) is 21.8 Å². The molecule has 1 aliphatic rings. The molecule has 3 heterocycles. The highest BCUT2D eigenvalue weighted by Crippen LogP contribution is 2.68. The van der Waals surface area contributed by atoms with Gasteiger partial charge in [0, 0.05) is 4.95 Å². The molecule has 19 nitrogen and oxygen atoms in total. The third-order valence-corrected chi connectivity index (χ3v) is 8.30. The third-order valence-electron chi connectivity index (χ3n) is 4.31. The molecule has 3 rings (SSSR count). The van der Waals surface area contributed by atoms with Crippen LogP contribution in [-0.4, -0.2) is 63.8 Å². The van der Waals surface area contributed by atoms with E-state index >= 15 is 0 Å². The van der Waals surface area contributed by atoms with E-state index in [9.17, 15) is 42.7 Å². The van der Waals surface area contributed by atoms with Gasteiger partial charge in [-0.3, -0.25) is 18.9 Å². The Kier molecular flexibility index (Phi) is 7.18. The lowest BCUT2D eigenvalue weighted by Gasteiger charge is -2.26. The summed E-state index contributed by atoms with van der Waals surface area (Å²) in [4.78, 5) is 60.9. The quantitative estimate of drug-likeness (QED) is 0.127. The van der Waals surface area contributed by atoms with Gasteiger partial charge < -0.3 is 30.3 Å². The van der Waals surface area contributed by atoms with Gasteiger partial charge >= 0.3 is 23.4 Å². The number of phosphoric ester groups is 1. The molecule has 192 valence electrons. The number of nitrogens with two attached hydrogens (primary N) is 1. The number of terminal acetylenes is 1. The molecule has 4 unspecified atom stereocenters. The van der Waals surface area contributed by atoms with Crippen molar-refractivity contribution < 1.29 is 55.8 Å². The van der Waals surface area contributed by atoms with Gasteiger partial charge in [-0.05, 0) is 0 Å². The molecule has 0 saturated carbocycles. The minimum absolute atomic E-state index is 0.272. The Hall–Kier alpha value is -2.39.